The summed E-state index contributed by atoms with van der Waals surface area (Å²) < 4.78 is 3.99. The summed E-state index contributed by atoms with van der Waals surface area (Å²) in [6, 6.07) is 0.314. The Kier molecular flexibility index (Phi) is 3.53. The molecule has 0 spiro atoms. The van der Waals surface area contributed by atoms with Crippen LogP contribution >= 0.6 is 0 Å². The van der Waals surface area contributed by atoms with E-state index < -0.39 is 0 Å². The molecule has 17 heavy (non-hydrogen) atoms. The van der Waals surface area contributed by atoms with Crippen LogP contribution in [0.25, 0.3) is 0 Å². The van der Waals surface area contributed by atoms with Crippen LogP contribution in [0.5, 0.6) is 0 Å². The van der Waals surface area contributed by atoms with Gasteiger partial charge in [0.15, 0.2) is 0 Å². The lowest BCUT2D eigenvalue weighted by Gasteiger charge is -2.11. The molecule has 2 aromatic heterocycles. The van der Waals surface area contributed by atoms with Crippen LogP contribution in [-0.2, 0) is 13.0 Å². The molecule has 2 aromatic rings. The average molecular weight is 234 g/mol. The van der Waals surface area contributed by atoms with Gasteiger partial charge < -0.3 is 10.3 Å². The van der Waals surface area contributed by atoms with Crippen molar-refractivity contribution < 1.29 is 0 Å². The van der Waals surface area contributed by atoms with E-state index >= 15 is 0 Å². The van der Waals surface area contributed by atoms with Crippen molar-refractivity contribution in [3.8, 4) is 0 Å². The van der Waals surface area contributed by atoms with E-state index in [1.54, 1.807) is 12.5 Å². The van der Waals surface area contributed by atoms with E-state index in [0.29, 0.717) is 19.1 Å². The van der Waals surface area contributed by atoms with Crippen molar-refractivity contribution in [3.05, 3.63) is 30.4 Å². The van der Waals surface area contributed by atoms with Gasteiger partial charge in [-0.05, 0) is 20.4 Å². The molecule has 6 heteroatoms. The molecule has 0 saturated heterocycles. The number of rotatable bonds is 5. The predicted molar refractivity (Wildman–Crippen MR) is 64.5 cm³/mol. The van der Waals surface area contributed by atoms with Crippen molar-refractivity contribution in [2.45, 2.75) is 32.9 Å². The standard InChI is InChI=1S/C11H18N6/c1-9(2)17-11(14-8-15-17)7-16-6-5-13-10(16)3-4-12/h5-6,8-9H,3-4,7,12H2,1-2H3. The number of nitrogens with two attached hydrogens (primary N) is 1. The molecule has 0 aliphatic heterocycles. The molecule has 2 rings (SSSR count). The first-order valence-corrected chi connectivity index (χ1v) is 5.81. The zero-order valence-electron chi connectivity index (χ0n) is 10.2. The fourth-order valence-electron chi connectivity index (χ4n) is 1.81. The third-order valence-electron chi connectivity index (χ3n) is 2.62. The maximum Gasteiger partial charge on any atom is 0.147 e. The Labute approximate surface area is 100 Å². The van der Waals surface area contributed by atoms with Gasteiger partial charge in [0.25, 0.3) is 0 Å². The molecular formula is C11H18N6. The molecule has 0 aliphatic carbocycles. The second kappa shape index (κ2) is 5.09. The van der Waals surface area contributed by atoms with Gasteiger partial charge in [-0.1, -0.05) is 0 Å². The van der Waals surface area contributed by atoms with Crippen LogP contribution in [0.4, 0.5) is 0 Å². The van der Waals surface area contributed by atoms with Gasteiger partial charge in [0.1, 0.15) is 18.0 Å². The summed E-state index contributed by atoms with van der Waals surface area (Å²) in [5, 5.41) is 4.22. The monoisotopic (exact) mass is 234 g/mol. The molecule has 0 bridgehead atoms. The highest BCUT2D eigenvalue weighted by Crippen LogP contribution is 2.08. The summed E-state index contributed by atoms with van der Waals surface area (Å²) in [6.45, 7) is 5.47. The van der Waals surface area contributed by atoms with E-state index in [4.69, 9.17) is 5.73 Å². The summed E-state index contributed by atoms with van der Waals surface area (Å²) in [4.78, 5) is 8.57. The Morgan fingerprint density at radius 1 is 1.29 bits per heavy atom. The second-order valence-electron chi connectivity index (χ2n) is 4.22. The quantitative estimate of drug-likeness (QED) is 0.822. The van der Waals surface area contributed by atoms with Gasteiger partial charge in [0.2, 0.25) is 0 Å². The van der Waals surface area contributed by atoms with Crippen molar-refractivity contribution in [1.82, 2.24) is 24.3 Å². The van der Waals surface area contributed by atoms with Crippen LogP contribution in [0.2, 0.25) is 0 Å². The molecule has 0 unspecified atom stereocenters. The first kappa shape index (κ1) is 11.8. The smallest absolute Gasteiger partial charge is 0.147 e. The van der Waals surface area contributed by atoms with E-state index in [-0.39, 0.29) is 0 Å². The SMILES string of the molecule is CC(C)n1ncnc1Cn1ccnc1CCN. The lowest BCUT2D eigenvalue weighted by Crippen LogP contribution is -2.15. The normalized spacial score (nSPS) is 11.3. The maximum absolute atomic E-state index is 5.55. The third kappa shape index (κ3) is 2.52. The van der Waals surface area contributed by atoms with E-state index in [2.05, 4.69) is 33.5 Å². The van der Waals surface area contributed by atoms with Gasteiger partial charge in [-0.2, -0.15) is 5.10 Å². The minimum Gasteiger partial charge on any atom is -0.330 e. The van der Waals surface area contributed by atoms with Crippen LogP contribution in [0.1, 0.15) is 31.5 Å². The molecule has 0 aliphatic rings. The van der Waals surface area contributed by atoms with Crippen molar-refractivity contribution in [3.63, 3.8) is 0 Å². The van der Waals surface area contributed by atoms with Gasteiger partial charge in [-0.3, -0.25) is 0 Å². The van der Waals surface area contributed by atoms with E-state index in [0.717, 1.165) is 18.1 Å². The predicted octanol–water partition coefficient (Wildman–Crippen LogP) is 0.605. The van der Waals surface area contributed by atoms with E-state index in [1.165, 1.54) is 0 Å². The molecule has 92 valence electrons. The first-order chi connectivity index (χ1) is 8.22. The maximum atomic E-state index is 5.55. The number of hydrogen-bond acceptors (Lipinski definition) is 4. The lowest BCUT2D eigenvalue weighted by molar-refractivity contribution is 0.493. The van der Waals surface area contributed by atoms with E-state index in [9.17, 15) is 0 Å². The molecule has 0 amide bonds. The highest BCUT2D eigenvalue weighted by atomic mass is 15.4. The summed E-state index contributed by atoms with van der Waals surface area (Å²) >= 11 is 0. The molecule has 0 radical (unpaired) electrons. The lowest BCUT2D eigenvalue weighted by atomic mass is 10.4. The largest absolute Gasteiger partial charge is 0.330 e. The zero-order chi connectivity index (χ0) is 12.3. The Morgan fingerprint density at radius 3 is 2.82 bits per heavy atom. The molecular weight excluding hydrogens is 216 g/mol. The van der Waals surface area contributed by atoms with Gasteiger partial charge >= 0.3 is 0 Å². The van der Waals surface area contributed by atoms with Crippen LogP contribution in [0.3, 0.4) is 0 Å². The van der Waals surface area contributed by atoms with Crippen LogP contribution in [0.15, 0.2) is 18.7 Å². The minimum absolute atomic E-state index is 0.314. The Bertz CT molecular complexity index is 470. The van der Waals surface area contributed by atoms with Crippen LogP contribution in [-0.4, -0.2) is 30.9 Å². The van der Waals surface area contributed by atoms with Gasteiger partial charge in [-0.25, -0.2) is 14.6 Å². The topological polar surface area (TPSA) is 74.5 Å². The van der Waals surface area contributed by atoms with Crippen molar-refractivity contribution >= 4 is 0 Å². The average Bonchev–Trinajstić information content (AvgIpc) is 2.89. The fraction of sp³-hybridized carbons (Fsp3) is 0.545. The zero-order valence-corrected chi connectivity index (χ0v) is 10.2. The Hall–Kier alpha value is -1.69. The Morgan fingerprint density at radius 2 is 2.12 bits per heavy atom. The molecule has 0 atom stereocenters. The summed E-state index contributed by atoms with van der Waals surface area (Å²) in [5.41, 5.74) is 5.55. The molecule has 0 saturated carbocycles. The summed E-state index contributed by atoms with van der Waals surface area (Å²) in [6.07, 6.45) is 6.11. The van der Waals surface area contributed by atoms with Gasteiger partial charge in [-0.15, -0.1) is 0 Å². The fourth-order valence-corrected chi connectivity index (χ4v) is 1.81. The molecule has 2 heterocycles. The minimum atomic E-state index is 0.314. The molecule has 0 aromatic carbocycles. The van der Waals surface area contributed by atoms with Crippen molar-refractivity contribution in [1.29, 1.82) is 0 Å². The Balaban J connectivity index is 2.19. The highest BCUT2D eigenvalue weighted by Gasteiger charge is 2.10. The van der Waals surface area contributed by atoms with Crippen LogP contribution < -0.4 is 5.73 Å². The molecule has 2 N–H and O–H groups in total. The molecule has 6 nitrogen and oxygen atoms in total. The number of aromatic nitrogens is 5. The third-order valence-corrected chi connectivity index (χ3v) is 2.62. The first-order valence-electron chi connectivity index (χ1n) is 5.81. The van der Waals surface area contributed by atoms with E-state index in [1.807, 2.05) is 10.9 Å². The summed E-state index contributed by atoms with van der Waals surface area (Å²) in [5.74, 6) is 1.93. The number of hydrogen-bond donors (Lipinski definition) is 1. The number of nitrogens with zero attached hydrogens (tertiary/aromatic N) is 5. The van der Waals surface area contributed by atoms with Crippen LogP contribution in [0, 0.1) is 0 Å². The molecule has 0 fully saturated rings. The number of imidazole rings is 1. The summed E-state index contributed by atoms with van der Waals surface area (Å²) in [7, 11) is 0. The van der Waals surface area contributed by atoms with Gasteiger partial charge in [0.05, 0.1) is 6.54 Å². The van der Waals surface area contributed by atoms with Crippen molar-refractivity contribution in [2.75, 3.05) is 6.54 Å². The van der Waals surface area contributed by atoms with Gasteiger partial charge in [0, 0.05) is 24.9 Å². The highest BCUT2D eigenvalue weighted by molar-refractivity contribution is 4.98. The second-order valence-corrected chi connectivity index (χ2v) is 4.22. The van der Waals surface area contributed by atoms with Crippen molar-refractivity contribution in [2.24, 2.45) is 5.73 Å².